The molecule has 174 valence electrons. The van der Waals surface area contributed by atoms with E-state index < -0.39 is 0 Å². The van der Waals surface area contributed by atoms with E-state index in [9.17, 15) is 4.79 Å². The van der Waals surface area contributed by atoms with Crippen LogP contribution in [0.4, 0.5) is 5.69 Å². The Hall–Kier alpha value is -2.78. The van der Waals surface area contributed by atoms with Crippen LogP contribution < -0.4 is 14.8 Å². The van der Waals surface area contributed by atoms with Gasteiger partial charge in [-0.1, -0.05) is 39.8 Å². The number of hydrogen-bond acceptors (Lipinski definition) is 6. The van der Waals surface area contributed by atoms with Gasteiger partial charge >= 0.3 is 0 Å². The van der Waals surface area contributed by atoms with Gasteiger partial charge in [0.25, 0.3) is 0 Å². The van der Waals surface area contributed by atoms with E-state index in [0.717, 1.165) is 26.9 Å². The lowest BCUT2D eigenvalue weighted by Crippen LogP contribution is -2.16. The highest BCUT2D eigenvalue weighted by molar-refractivity contribution is 9.10. The number of rotatable bonds is 10. The number of amides is 1. The molecule has 0 saturated carbocycles. The Morgan fingerprint density at radius 1 is 1.18 bits per heavy atom. The fraction of sp³-hybridized carbons (Fsp3) is 0.292. The van der Waals surface area contributed by atoms with Crippen molar-refractivity contribution in [3.63, 3.8) is 0 Å². The van der Waals surface area contributed by atoms with Crippen molar-refractivity contribution in [1.82, 2.24) is 14.8 Å². The Labute approximate surface area is 206 Å². The van der Waals surface area contributed by atoms with Crippen LogP contribution in [0.15, 0.2) is 52.6 Å². The molecule has 33 heavy (non-hydrogen) atoms. The number of halogens is 1. The predicted octanol–water partition coefficient (Wildman–Crippen LogP) is 5.47. The minimum Gasteiger partial charge on any atom is -0.493 e. The molecule has 0 radical (unpaired) electrons. The summed E-state index contributed by atoms with van der Waals surface area (Å²) in [6, 6.07) is 9.57. The van der Waals surface area contributed by atoms with Gasteiger partial charge in [0.1, 0.15) is 6.61 Å². The van der Waals surface area contributed by atoms with Crippen molar-refractivity contribution in [3.8, 4) is 11.5 Å². The molecule has 0 fully saturated rings. The average Bonchev–Trinajstić information content (AvgIpc) is 3.19. The van der Waals surface area contributed by atoms with Crippen molar-refractivity contribution >= 4 is 39.3 Å². The van der Waals surface area contributed by atoms with Crippen molar-refractivity contribution in [3.05, 3.63) is 70.0 Å². The van der Waals surface area contributed by atoms with Crippen LogP contribution >= 0.6 is 27.7 Å². The first-order valence-electron chi connectivity index (χ1n) is 10.3. The van der Waals surface area contributed by atoms with Gasteiger partial charge in [-0.05, 0) is 61.7 Å². The standard InChI is InChI=1S/C24H27BrN4O3S/c1-6-11-29-22(13-32-20-10-7-15(2)12-21(20)31-5)27-28-24(29)33-14-23(30)26-19-9-8-18(25)16(3)17(19)4/h6-10,12H,1,11,13-14H2,2-5H3,(H,26,30). The summed E-state index contributed by atoms with van der Waals surface area (Å²) >= 11 is 4.83. The molecule has 9 heteroatoms. The Balaban J connectivity index is 1.66. The minimum absolute atomic E-state index is 0.111. The highest BCUT2D eigenvalue weighted by atomic mass is 79.9. The smallest absolute Gasteiger partial charge is 0.234 e. The molecule has 0 atom stereocenters. The number of methoxy groups -OCH3 is 1. The van der Waals surface area contributed by atoms with Crippen molar-refractivity contribution in [2.75, 3.05) is 18.2 Å². The highest BCUT2D eigenvalue weighted by Gasteiger charge is 2.16. The summed E-state index contributed by atoms with van der Waals surface area (Å²) in [6.07, 6.45) is 1.76. The van der Waals surface area contributed by atoms with Gasteiger partial charge in [0, 0.05) is 16.7 Å². The van der Waals surface area contributed by atoms with Crippen LogP contribution in [0.3, 0.4) is 0 Å². The van der Waals surface area contributed by atoms with Gasteiger partial charge in [-0.3, -0.25) is 9.36 Å². The van der Waals surface area contributed by atoms with E-state index in [1.165, 1.54) is 11.8 Å². The second-order valence-corrected chi connectivity index (χ2v) is 9.22. The van der Waals surface area contributed by atoms with Gasteiger partial charge in [-0.2, -0.15) is 0 Å². The van der Waals surface area contributed by atoms with Gasteiger partial charge in [0.05, 0.1) is 12.9 Å². The molecule has 1 aromatic heterocycles. The SMILES string of the molecule is C=CCn1c(COc2ccc(C)cc2OC)nnc1SCC(=O)Nc1ccc(Br)c(C)c1C. The second kappa shape index (κ2) is 11.4. The fourth-order valence-electron chi connectivity index (χ4n) is 3.12. The normalized spacial score (nSPS) is 10.7. The molecule has 1 N–H and O–H groups in total. The Kier molecular flexibility index (Phi) is 8.57. The van der Waals surface area contributed by atoms with E-state index >= 15 is 0 Å². The van der Waals surface area contributed by atoms with E-state index in [2.05, 4.69) is 38.0 Å². The summed E-state index contributed by atoms with van der Waals surface area (Å²) in [5, 5.41) is 12.1. The summed E-state index contributed by atoms with van der Waals surface area (Å²) in [6.45, 7) is 10.5. The molecule has 0 bridgehead atoms. The number of anilines is 1. The highest BCUT2D eigenvalue weighted by Crippen LogP contribution is 2.29. The van der Waals surface area contributed by atoms with Crippen LogP contribution in [0.25, 0.3) is 0 Å². The lowest BCUT2D eigenvalue weighted by atomic mass is 10.1. The van der Waals surface area contributed by atoms with Gasteiger partial charge in [-0.15, -0.1) is 16.8 Å². The number of carbonyl (C=O) groups excluding carboxylic acids is 1. The lowest BCUT2D eigenvalue weighted by molar-refractivity contribution is -0.113. The van der Waals surface area contributed by atoms with Gasteiger partial charge in [0.2, 0.25) is 5.91 Å². The molecular weight excluding hydrogens is 504 g/mol. The summed E-state index contributed by atoms with van der Waals surface area (Å²) in [5.74, 6) is 2.02. The lowest BCUT2D eigenvalue weighted by Gasteiger charge is -2.13. The number of benzene rings is 2. The molecule has 0 spiro atoms. The summed E-state index contributed by atoms with van der Waals surface area (Å²) in [5.41, 5.74) is 4.01. The van der Waals surface area contributed by atoms with Crippen LogP contribution in [0.2, 0.25) is 0 Å². The molecule has 0 unspecified atom stereocenters. The first-order chi connectivity index (χ1) is 15.8. The number of nitrogens with one attached hydrogen (secondary N) is 1. The number of ether oxygens (including phenoxy) is 2. The first kappa shape index (κ1) is 24.9. The Bertz CT molecular complexity index is 1160. The van der Waals surface area contributed by atoms with Crippen LogP contribution in [-0.4, -0.2) is 33.5 Å². The summed E-state index contributed by atoms with van der Waals surface area (Å²) in [7, 11) is 1.61. The second-order valence-electron chi connectivity index (χ2n) is 7.42. The maximum absolute atomic E-state index is 12.6. The zero-order chi connectivity index (χ0) is 24.0. The zero-order valence-electron chi connectivity index (χ0n) is 19.1. The number of thioether (sulfide) groups is 1. The number of carbonyl (C=O) groups is 1. The molecule has 0 aliphatic heterocycles. The molecule has 1 heterocycles. The van der Waals surface area contributed by atoms with E-state index in [0.29, 0.717) is 29.0 Å². The van der Waals surface area contributed by atoms with E-state index in [1.807, 2.05) is 55.7 Å². The summed E-state index contributed by atoms with van der Waals surface area (Å²) in [4.78, 5) is 12.6. The van der Waals surface area contributed by atoms with Crippen LogP contribution in [0.1, 0.15) is 22.5 Å². The Morgan fingerprint density at radius 2 is 1.97 bits per heavy atom. The molecule has 3 rings (SSSR count). The van der Waals surface area contributed by atoms with Gasteiger partial charge < -0.3 is 14.8 Å². The van der Waals surface area contributed by atoms with Crippen molar-refractivity contribution in [2.45, 2.75) is 39.1 Å². The fourth-order valence-corrected chi connectivity index (χ4v) is 4.32. The van der Waals surface area contributed by atoms with E-state index in [1.54, 1.807) is 13.2 Å². The van der Waals surface area contributed by atoms with Gasteiger partial charge in [0.15, 0.2) is 22.5 Å². The van der Waals surface area contributed by atoms with Crippen molar-refractivity contribution in [2.24, 2.45) is 0 Å². The Morgan fingerprint density at radius 3 is 2.70 bits per heavy atom. The van der Waals surface area contributed by atoms with Gasteiger partial charge in [-0.25, -0.2) is 0 Å². The van der Waals surface area contributed by atoms with Crippen molar-refractivity contribution < 1.29 is 14.3 Å². The maximum Gasteiger partial charge on any atom is 0.234 e. The first-order valence-corrected chi connectivity index (χ1v) is 12.1. The third-order valence-corrected chi connectivity index (χ3v) is 6.93. The van der Waals surface area contributed by atoms with Crippen LogP contribution in [-0.2, 0) is 17.9 Å². The summed E-state index contributed by atoms with van der Waals surface area (Å²) < 4.78 is 14.2. The monoisotopic (exact) mass is 530 g/mol. The molecule has 0 aliphatic carbocycles. The average molecular weight is 531 g/mol. The third-order valence-electron chi connectivity index (χ3n) is 5.11. The number of aromatic nitrogens is 3. The van der Waals surface area contributed by atoms with Crippen molar-refractivity contribution in [1.29, 1.82) is 0 Å². The topological polar surface area (TPSA) is 78.3 Å². The largest absolute Gasteiger partial charge is 0.493 e. The number of aryl methyl sites for hydroxylation is 1. The number of nitrogens with zero attached hydrogens (tertiary/aromatic N) is 3. The minimum atomic E-state index is -0.111. The molecule has 0 aliphatic rings. The molecular formula is C24H27BrN4O3S. The van der Waals surface area contributed by atoms with Crippen LogP contribution in [0, 0.1) is 20.8 Å². The predicted molar refractivity (Wildman–Crippen MR) is 135 cm³/mol. The zero-order valence-corrected chi connectivity index (χ0v) is 21.5. The number of allylic oxidation sites excluding steroid dienone is 1. The van der Waals surface area contributed by atoms with E-state index in [-0.39, 0.29) is 18.3 Å². The molecule has 1 amide bonds. The maximum atomic E-state index is 12.6. The molecule has 7 nitrogen and oxygen atoms in total. The molecule has 2 aromatic carbocycles. The quantitative estimate of drug-likeness (QED) is 0.276. The van der Waals surface area contributed by atoms with Crippen LogP contribution in [0.5, 0.6) is 11.5 Å². The molecule has 3 aromatic rings. The third kappa shape index (κ3) is 6.17. The molecule has 0 saturated heterocycles. The van der Waals surface area contributed by atoms with E-state index in [4.69, 9.17) is 9.47 Å². The number of hydrogen-bond donors (Lipinski definition) is 1.